The Morgan fingerprint density at radius 1 is 1.07 bits per heavy atom. The van der Waals surface area contributed by atoms with Gasteiger partial charge < -0.3 is 21.5 Å². The van der Waals surface area contributed by atoms with E-state index >= 15 is 0 Å². The van der Waals surface area contributed by atoms with E-state index in [0.29, 0.717) is 43.9 Å². The predicted octanol–water partition coefficient (Wildman–Crippen LogP) is 1.20. The number of hydrogen-bond acceptors (Lipinski definition) is 6. The summed E-state index contributed by atoms with van der Waals surface area (Å²) >= 11 is 0. The van der Waals surface area contributed by atoms with E-state index < -0.39 is 0 Å². The number of anilines is 1. The molecule has 0 aliphatic heterocycles. The lowest BCUT2D eigenvalue weighted by molar-refractivity contribution is 0.104. The van der Waals surface area contributed by atoms with Crippen LogP contribution in [0.3, 0.4) is 0 Å². The Morgan fingerprint density at radius 2 is 1.89 bits per heavy atom. The Kier molecular flexibility index (Phi) is 4.89. The van der Waals surface area contributed by atoms with E-state index in [1.54, 1.807) is 0 Å². The van der Waals surface area contributed by atoms with Crippen molar-refractivity contribution in [3.63, 3.8) is 0 Å². The molecule has 7 nitrogen and oxygen atoms in total. The molecule has 1 aliphatic carbocycles. The van der Waals surface area contributed by atoms with Crippen LogP contribution in [-0.2, 0) is 6.54 Å². The zero-order valence-corrected chi connectivity index (χ0v) is 15.0. The molecule has 0 atom stereocenters. The molecule has 27 heavy (non-hydrogen) atoms. The minimum Gasteiger partial charge on any atom is -0.395 e. The minimum absolute atomic E-state index is 0.0156. The third-order valence-electron chi connectivity index (χ3n) is 4.82. The largest absolute Gasteiger partial charge is 0.395 e. The first kappa shape index (κ1) is 17.7. The van der Waals surface area contributed by atoms with Gasteiger partial charge in [0.2, 0.25) is 0 Å². The zero-order valence-electron chi connectivity index (χ0n) is 15.0. The third-order valence-corrected chi connectivity index (χ3v) is 4.82. The van der Waals surface area contributed by atoms with Gasteiger partial charge in [0.15, 0.2) is 5.78 Å². The first-order valence-corrected chi connectivity index (χ1v) is 9.19. The van der Waals surface area contributed by atoms with Crippen LogP contribution in [0.15, 0.2) is 36.4 Å². The fraction of sp³-hybridized carbons (Fsp3) is 0.300. The van der Waals surface area contributed by atoms with E-state index in [1.165, 1.54) is 0 Å². The fourth-order valence-electron chi connectivity index (χ4n) is 3.65. The molecule has 7 heteroatoms. The maximum absolute atomic E-state index is 13.3. The molecule has 4 rings (SSSR count). The van der Waals surface area contributed by atoms with Crippen molar-refractivity contribution in [3.8, 4) is 11.3 Å². The molecule has 140 valence electrons. The van der Waals surface area contributed by atoms with Crippen LogP contribution in [0.1, 0.15) is 15.9 Å². The van der Waals surface area contributed by atoms with E-state index in [1.807, 2.05) is 41.1 Å². The number of nitrogens with two attached hydrogens (primary N) is 1. The molecule has 0 amide bonds. The van der Waals surface area contributed by atoms with Gasteiger partial charge in [-0.1, -0.05) is 24.3 Å². The van der Waals surface area contributed by atoms with Crippen molar-refractivity contribution >= 4 is 22.4 Å². The fourth-order valence-corrected chi connectivity index (χ4v) is 3.65. The summed E-state index contributed by atoms with van der Waals surface area (Å²) in [5.41, 5.74) is 10.5. The molecule has 3 aromatic rings. The van der Waals surface area contributed by atoms with Crippen molar-refractivity contribution in [2.45, 2.75) is 6.54 Å². The summed E-state index contributed by atoms with van der Waals surface area (Å²) in [6.07, 6.45) is 0. The van der Waals surface area contributed by atoms with Crippen LogP contribution in [0.2, 0.25) is 0 Å². The van der Waals surface area contributed by atoms with Gasteiger partial charge in [-0.2, -0.15) is 5.10 Å². The van der Waals surface area contributed by atoms with E-state index in [9.17, 15) is 4.79 Å². The number of carbonyl (C=O) groups is 1. The molecule has 1 aromatic heterocycles. The minimum atomic E-state index is 0.0156. The molecule has 0 saturated carbocycles. The summed E-state index contributed by atoms with van der Waals surface area (Å²) in [4.78, 5) is 13.3. The van der Waals surface area contributed by atoms with Gasteiger partial charge in [-0.05, 0) is 12.1 Å². The molecule has 0 fully saturated rings. The van der Waals surface area contributed by atoms with Crippen molar-refractivity contribution in [3.05, 3.63) is 47.5 Å². The van der Waals surface area contributed by atoms with Crippen LogP contribution >= 0.6 is 0 Å². The van der Waals surface area contributed by atoms with Crippen molar-refractivity contribution in [1.82, 2.24) is 15.1 Å². The molecule has 2 aromatic carbocycles. The second kappa shape index (κ2) is 7.48. The molecule has 1 heterocycles. The highest BCUT2D eigenvalue weighted by Gasteiger charge is 2.30. The number of benzene rings is 2. The molecule has 0 saturated heterocycles. The zero-order chi connectivity index (χ0) is 18.8. The quantitative estimate of drug-likeness (QED) is 0.350. The summed E-state index contributed by atoms with van der Waals surface area (Å²) in [7, 11) is 0. The second-order valence-corrected chi connectivity index (χ2v) is 6.52. The smallest absolute Gasteiger partial charge is 0.196 e. The average molecular weight is 365 g/mol. The van der Waals surface area contributed by atoms with Gasteiger partial charge in [0.05, 0.1) is 24.2 Å². The van der Waals surface area contributed by atoms with Gasteiger partial charge in [-0.25, -0.2) is 0 Å². The summed E-state index contributed by atoms with van der Waals surface area (Å²) in [6, 6.07) is 11.5. The number of nitrogens with zero attached hydrogens (tertiary/aromatic N) is 2. The standard InChI is InChI=1S/C20H23N5O2/c21-7-11-25-16-6-5-15(23-9-8-22-10-12-26)17-18(16)19(24-25)13-3-1-2-4-14(13)20(17)27/h1-6,22-23,26H,7-12,21H2. The molecular weight excluding hydrogens is 342 g/mol. The van der Waals surface area contributed by atoms with Crippen molar-refractivity contribution in [2.24, 2.45) is 5.73 Å². The van der Waals surface area contributed by atoms with Crippen LogP contribution in [0, 0.1) is 0 Å². The number of aromatic nitrogens is 2. The molecule has 5 N–H and O–H groups in total. The highest BCUT2D eigenvalue weighted by atomic mass is 16.3. The highest BCUT2D eigenvalue weighted by molar-refractivity contribution is 6.27. The van der Waals surface area contributed by atoms with Gasteiger partial charge in [-0.3, -0.25) is 9.48 Å². The maximum Gasteiger partial charge on any atom is 0.196 e. The number of hydrogen-bond donors (Lipinski definition) is 4. The molecule has 0 bridgehead atoms. The van der Waals surface area contributed by atoms with E-state index in [2.05, 4.69) is 10.6 Å². The summed E-state index contributed by atoms with van der Waals surface area (Å²) in [5, 5.41) is 21.0. The topological polar surface area (TPSA) is 105 Å². The third kappa shape index (κ3) is 2.99. The highest BCUT2D eigenvalue weighted by Crippen LogP contribution is 2.41. The van der Waals surface area contributed by atoms with Crippen LogP contribution < -0.4 is 16.4 Å². The van der Waals surface area contributed by atoms with E-state index in [4.69, 9.17) is 15.9 Å². The molecule has 0 unspecified atom stereocenters. The number of carbonyl (C=O) groups excluding carboxylic acids is 1. The molecule has 0 radical (unpaired) electrons. The Hall–Kier alpha value is -2.74. The Balaban J connectivity index is 1.81. The van der Waals surface area contributed by atoms with Gasteiger partial charge in [-0.15, -0.1) is 0 Å². The number of nitrogens with one attached hydrogen (secondary N) is 2. The van der Waals surface area contributed by atoms with E-state index in [0.717, 1.165) is 27.8 Å². The lowest BCUT2D eigenvalue weighted by Crippen LogP contribution is -2.25. The summed E-state index contributed by atoms with van der Waals surface area (Å²) in [5.74, 6) is 0.0156. The van der Waals surface area contributed by atoms with Crippen LogP contribution in [0.25, 0.3) is 22.2 Å². The first-order valence-electron chi connectivity index (χ1n) is 9.19. The van der Waals surface area contributed by atoms with Crippen molar-refractivity contribution in [2.75, 3.05) is 38.1 Å². The Morgan fingerprint density at radius 3 is 2.67 bits per heavy atom. The SMILES string of the molecule is NCCn1nc2c3c(c(NCCNCCO)ccc31)C(=O)c1ccccc1-2. The van der Waals surface area contributed by atoms with Gasteiger partial charge in [0.1, 0.15) is 5.69 Å². The normalized spacial score (nSPS) is 12.4. The van der Waals surface area contributed by atoms with Crippen molar-refractivity contribution < 1.29 is 9.90 Å². The second-order valence-electron chi connectivity index (χ2n) is 6.52. The monoisotopic (exact) mass is 365 g/mol. The number of aliphatic hydroxyl groups is 1. The predicted molar refractivity (Wildman–Crippen MR) is 106 cm³/mol. The van der Waals surface area contributed by atoms with Crippen molar-refractivity contribution in [1.29, 1.82) is 0 Å². The van der Waals surface area contributed by atoms with Crippen LogP contribution in [0.4, 0.5) is 5.69 Å². The van der Waals surface area contributed by atoms with Crippen LogP contribution in [0.5, 0.6) is 0 Å². The summed E-state index contributed by atoms with van der Waals surface area (Å²) < 4.78 is 1.89. The number of fused-ring (bicyclic) bond motifs is 2. The number of ketones is 1. The Labute approximate surface area is 157 Å². The first-order chi connectivity index (χ1) is 13.3. The number of aliphatic hydroxyl groups excluding tert-OH is 1. The molecule has 1 aliphatic rings. The maximum atomic E-state index is 13.3. The lowest BCUT2D eigenvalue weighted by atomic mass is 9.86. The summed E-state index contributed by atoms with van der Waals surface area (Å²) in [6.45, 7) is 3.09. The van der Waals surface area contributed by atoms with Crippen LogP contribution in [-0.4, -0.2) is 53.5 Å². The lowest BCUT2D eigenvalue weighted by Gasteiger charge is -2.18. The van der Waals surface area contributed by atoms with Gasteiger partial charge >= 0.3 is 0 Å². The Bertz CT molecular complexity index is 995. The molecule has 0 spiro atoms. The van der Waals surface area contributed by atoms with Gasteiger partial charge in [0.25, 0.3) is 0 Å². The number of rotatable bonds is 8. The average Bonchev–Trinajstić information content (AvgIpc) is 3.06. The van der Waals surface area contributed by atoms with E-state index in [-0.39, 0.29) is 12.4 Å². The molecular formula is C20H23N5O2. The van der Waals surface area contributed by atoms with Gasteiger partial charge in [0, 0.05) is 48.4 Å².